The predicted octanol–water partition coefficient (Wildman–Crippen LogP) is 13.9. The normalized spacial score (nSPS) is 12.3. The van der Waals surface area contributed by atoms with E-state index in [1.54, 1.807) is 95.7 Å². The molecule has 7 rings (SSSR count). The van der Waals surface area contributed by atoms with Gasteiger partial charge in [-0.3, -0.25) is 9.13 Å². The molecule has 15 heteroatoms. The van der Waals surface area contributed by atoms with Gasteiger partial charge in [-0.1, -0.05) is 12.1 Å². The topological polar surface area (TPSA) is 71.1 Å². The molecule has 6 nitrogen and oxygen atoms in total. The summed E-state index contributed by atoms with van der Waals surface area (Å²) in [5.74, 6) is 0. The minimum absolute atomic E-state index is 0.138. The maximum Gasteiger partial charge on any atom is 0.363 e. The molecule has 0 atom stereocenters. The van der Waals surface area contributed by atoms with Crippen LogP contribution in [0.4, 0.5) is 0 Å². The molecule has 0 aliphatic heterocycles. The molecule has 0 radical (unpaired) electrons. The lowest BCUT2D eigenvalue weighted by Gasteiger charge is -2.23. The Morgan fingerprint density at radius 1 is 0.412 bits per heavy atom. The van der Waals surface area contributed by atoms with Crippen LogP contribution in [0.25, 0.3) is 58.5 Å². The van der Waals surface area contributed by atoms with Crippen LogP contribution in [0.2, 0.25) is 0 Å². The van der Waals surface area contributed by atoms with E-state index in [0.29, 0.717) is 9.75 Å². The number of rotatable bonds is 16. The molecule has 0 aromatic carbocycles. The molecule has 7 aromatic rings. The highest BCUT2D eigenvalue weighted by Crippen LogP contribution is 2.60. The lowest BCUT2D eigenvalue weighted by Crippen LogP contribution is -2.28. The predicted molar refractivity (Wildman–Crippen MR) is 225 cm³/mol. The molecule has 0 saturated heterocycles. The fraction of sp³-hybridized carbons (Fsp3) is 0.222. The second-order valence-corrected chi connectivity index (χ2v) is 21.9. The van der Waals surface area contributed by atoms with Crippen molar-refractivity contribution in [3.63, 3.8) is 0 Å². The van der Waals surface area contributed by atoms with Crippen LogP contribution in [0.5, 0.6) is 0 Å². The molecule has 0 amide bonds. The first-order valence-corrected chi connectivity index (χ1v) is 25.2. The van der Waals surface area contributed by atoms with Gasteiger partial charge in [-0.25, -0.2) is 0 Å². The molecule has 0 fully saturated rings. The van der Waals surface area contributed by atoms with E-state index in [4.69, 9.17) is 18.1 Å². The van der Waals surface area contributed by atoms with Gasteiger partial charge >= 0.3 is 15.2 Å². The van der Waals surface area contributed by atoms with Crippen molar-refractivity contribution in [1.29, 1.82) is 0 Å². The SMILES string of the molecule is CCOP(=O)(OCC)c1c(-c2ccc(-c3ccc(-c4cccs4)s3)s2)sc(-c2ccc(-c3ccc(-c4cccs4)s3)s2)c1P(=O)(OCC)OCC. The highest BCUT2D eigenvalue weighted by Gasteiger charge is 2.46. The fourth-order valence-corrected chi connectivity index (χ4v) is 18.2. The maximum atomic E-state index is 15.0. The average molecular weight is 849 g/mol. The van der Waals surface area contributed by atoms with Crippen molar-refractivity contribution >= 4 is 105 Å². The number of hydrogen-bond donors (Lipinski definition) is 0. The zero-order chi connectivity index (χ0) is 35.6. The van der Waals surface area contributed by atoms with Crippen LogP contribution in [0.15, 0.2) is 83.6 Å². The molecule has 0 N–H and O–H groups in total. The number of thiophene rings is 7. The molecule has 266 valence electrons. The molecule has 0 aliphatic carbocycles. The molecule has 0 spiro atoms. The Balaban J connectivity index is 1.41. The van der Waals surface area contributed by atoms with Gasteiger partial charge in [0.25, 0.3) is 0 Å². The van der Waals surface area contributed by atoms with Gasteiger partial charge in [0, 0.05) is 48.8 Å². The average Bonchev–Trinajstić information content (AvgIpc) is 3.97. The van der Waals surface area contributed by atoms with Gasteiger partial charge in [0.1, 0.15) is 0 Å². The maximum absolute atomic E-state index is 15.0. The third-order valence-electron chi connectivity index (χ3n) is 7.49. The van der Waals surface area contributed by atoms with Crippen LogP contribution >= 0.6 is 94.5 Å². The van der Waals surface area contributed by atoms with Crippen LogP contribution in [-0.2, 0) is 27.2 Å². The Bertz CT molecular complexity index is 2130. The molecular weight excluding hydrogens is 815 g/mol. The van der Waals surface area contributed by atoms with Crippen LogP contribution in [0.3, 0.4) is 0 Å². The van der Waals surface area contributed by atoms with Crippen LogP contribution in [0, 0.1) is 0 Å². The van der Waals surface area contributed by atoms with E-state index >= 15 is 9.13 Å². The van der Waals surface area contributed by atoms with Gasteiger partial charge in [-0.15, -0.1) is 79.4 Å². The van der Waals surface area contributed by atoms with Crippen molar-refractivity contribution in [3.05, 3.63) is 83.6 Å². The van der Waals surface area contributed by atoms with E-state index in [1.807, 2.05) is 12.1 Å². The molecular formula is C36H34O6P2S7. The molecule has 0 saturated carbocycles. The molecule has 51 heavy (non-hydrogen) atoms. The van der Waals surface area contributed by atoms with E-state index in [-0.39, 0.29) is 37.0 Å². The Morgan fingerprint density at radius 3 is 1.00 bits per heavy atom. The zero-order valence-electron chi connectivity index (χ0n) is 28.1. The van der Waals surface area contributed by atoms with Crippen molar-refractivity contribution < 1.29 is 27.2 Å². The molecule has 0 bridgehead atoms. The Hall–Kier alpha value is -1.80. The van der Waals surface area contributed by atoms with Crippen LogP contribution in [-0.4, -0.2) is 26.4 Å². The zero-order valence-corrected chi connectivity index (χ0v) is 35.6. The summed E-state index contributed by atoms with van der Waals surface area (Å²) in [4.78, 5) is 12.4. The van der Waals surface area contributed by atoms with Crippen LogP contribution in [0.1, 0.15) is 27.7 Å². The summed E-state index contributed by atoms with van der Waals surface area (Å²) in [5.41, 5.74) is 0. The highest BCUT2D eigenvalue weighted by molar-refractivity contribution is 7.71. The van der Waals surface area contributed by atoms with E-state index in [0.717, 1.165) is 29.3 Å². The standard InChI is InChI=1S/C36H34O6P2S7/c1-5-39-43(37,40-6-2)33-34(44(38,41-7-3)42-8-4)36(32-20-18-30(50-32)28-16-14-26(48-28)24-12-10-22-46-24)51-35(33)31-19-17-29(49-31)27-15-13-25(47-27)23-11-9-21-45-23/h9-22H,5-8H2,1-4H3. The summed E-state index contributed by atoms with van der Waals surface area (Å²) in [6.07, 6.45) is 0. The Kier molecular flexibility index (Phi) is 12.0. The second kappa shape index (κ2) is 16.3. The van der Waals surface area contributed by atoms with Crippen molar-refractivity contribution in [2.24, 2.45) is 0 Å². The van der Waals surface area contributed by atoms with E-state index in [1.165, 1.54) is 30.8 Å². The lowest BCUT2D eigenvalue weighted by atomic mass is 10.3. The largest absolute Gasteiger partial charge is 0.363 e. The highest BCUT2D eigenvalue weighted by atomic mass is 32.1. The molecule has 0 aliphatic rings. The van der Waals surface area contributed by atoms with Crippen molar-refractivity contribution in [3.8, 4) is 58.5 Å². The lowest BCUT2D eigenvalue weighted by molar-refractivity contribution is 0.226. The van der Waals surface area contributed by atoms with Gasteiger partial charge < -0.3 is 18.1 Å². The molecule has 7 heterocycles. The van der Waals surface area contributed by atoms with Crippen molar-refractivity contribution in [2.75, 3.05) is 26.4 Å². The van der Waals surface area contributed by atoms with E-state index in [9.17, 15) is 0 Å². The summed E-state index contributed by atoms with van der Waals surface area (Å²) in [7, 11) is -8.05. The first-order chi connectivity index (χ1) is 24.8. The third-order valence-corrected chi connectivity index (χ3v) is 20.8. The first kappa shape index (κ1) is 37.5. The Labute approximate surface area is 326 Å². The summed E-state index contributed by atoms with van der Waals surface area (Å²) < 4.78 is 54.2. The van der Waals surface area contributed by atoms with Crippen molar-refractivity contribution in [1.82, 2.24) is 0 Å². The van der Waals surface area contributed by atoms with Gasteiger partial charge in [0.2, 0.25) is 0 Å². The minimum atomic E-state index is -4.03. The fourth-order valence-electron chi connectivity index (χ4n) is 5.50. The first-order valence-electron chi connectivity index (χ1n) is 16.3. The smallest absolute Gasteiger partial charge is 0.305 e. The quantitative estimate of drug-likeness (QED) is 0.0902. The van der Waals surface area contributed by atoms with Crippen LogP contribution < -0.4 is 10.6 Å². The minimum Gasteiger partial charge on any atom is -0.305 e. The second-order valence-electron chi connectivity index (χ2n) is 10.7. The molecule has 7 aromatic heterocycles. The summed E-state index contributed by atoms with van der Waals surface area (Å²) in [6.45, 7) is 7.68. The monoisotopic (exact) mass is 848 g/mol. The van der Waals surface area contributed by atoms with Gasteiger partial charge in [0.05, 0.1) is 46.8 Å². The summed E-state index contributed by atoms with van der Waals surface area (Å²) in [5, 5.41) is 4.70. The summed E-state index contributed by atoms with van der Waals surface area (Å²) in [6, 6.07) is 25.3. The third kappa shape index (κ3) is 7.62. The van der Waals surface area contributed by atoms with Gasteiger partial charge in [0.15, 0.2) is 0 Å². The molecule has 0 unspecified atom stereocenters. The van der Waals surface area contributed by atoms with Gasteiger partial charge in [-0.05, 0) is 99.1 Å². The van der Waals surface area contributed by atoms with Crippen molar-refractivity contribution in [2.45, 2.75) is 27.7 Å². The van der Waals surface area contributed by atoms with E-state index < -0.39 is 15.2 Å². The van der Waals surface area contributed by atoms with E-state index in [2.05, 4.69) is 71.4 Å². The number of hydrogen-bond acceptors (Lipinski definition) is 13. The Morgan fingerprint density at radius 2 is 0.706 bits per heavy atom. The van der Waals surface area contributed by atoms with Gasteiger partial charge in [-0.2, -0.15) is 0 Å². The summed E-state index contributed by atoms with van der Waals surface area (Å²) >= 11 is 11.6.